The maximum atomic E-state index is 13.2. The third-order valence-corrected chi connectivity index (χ3v) is 2.33. The number of nitrogens with zero attached hydrogens (tertiary/aromatic N) is 1. The van der Waals surface area contributed by atoms with Crippen molar-refractivity contribution in [3.8, 4) is 0 Å². The van der Waals surface area contributed by atoms with Gasteiger partial charge in [0.25, 0.3) is 0 Å². The molecule has 0 bridgehead atoms. The van der Waals surface area contributed by atoms with Gasteiger partial charge in [-0.3, -0.25) is 0 Å². The summed E-state index contributed by atoms with van der Waals surface area (Å²) in [5, 5.41) is 0.866. The van der Waals surface area contributed by atoms with Gasteiger partial charge in [-0.05, 0) is 12.1 Å². The fourth-order valence-corrected chi connectivity index (χ4v) is 1.69. The quantitative estimate of drug-likeness (QED) is 0.683. The lowest BCUT2D eigenvalue weighted by Crippen LogP contribution is -1.87. The highest BCUT2D eigenvalue weighted by molar-refractivity contribution is 7.71. The first kappa shape index (κ1) is 8.59. The lowest BCUT2D eigenvalue weighted by molar-refractivity contribution is 0.636. The van der Waals surface area contributed by atoms with Crippen LogP contribution in [0.5, 0.6) is 0 Å². The molecule has 0 atom stereocenters. The molecule has 1 aromatic heterocycles. The van der Waals surface area contributed by atoms with Crippen LogP contribution in [-0.2, 0) is 0 Å². The predicted molar refractivity (Wildman–Crippen MR) is 51.9 cm³/mol. The van der Waals surface area contributed by atoms with Gasteiger partial charge in [-0.2, -0.15) is 0 Å². The normalized spacial score (nSPS) is 10.6. The first-order chi connectivity index (χ1) is 6.20. The van der Waals surface area contributed by atoms with E-state index >= 15 is 0 Å². The predicted octanol–water partition coefficient (Wildman–Crippen LogP) is 3.08. The molecular formula is C8H4ClFN2S. The lowest BCUT2D eigenvalue weighted by atomic mass is 10.2. The first-order valence-corrected chi connectivity index (χ1v) is 4.30. The first-order valence-electron chi connectivity index (χ1n) is 3.51. The summed E-state index contributed by atoms with van der Waals surface area (Å²) in [7, 11) is 0. The molecule has 0 radical (unpaired) electrons. The molecular weight excluding hydrogens is 211 g/mol. The average molecular weight is 215 g/mol. The molecule has 0 saturated carbocycles. The van der Waals surface area contributed by atoms with Crippen molar-refractivity contribution in [1.29, 1.82) is 0 Å². The van der Waals surface area contributed by atoms with E-state index in [1.807, 2.05) is 0 Å². The van der Waals surface area contributed by atoms with Gasteiger partial charge < -0.3 is 4.98 Å². The van der Waals surface area contributed by atoms with E-state index < -0.39 is 0 Å². The number of benzene rings is 1. The molecule has 1 aromatic carbocycles. The Bertz CT molecular complexity index is 523. The van der Waals surface area contributed by atoms with E-state index in [1.54, 1.807) is 0 Å². The molecule has 2 rings (SSSR count). The lowest BCUT2D eigenvalue weighted by Gasteiger charge is -2.00. The second-order valence-corrected chi connectivity index (χ2v) is 3.28. The minimum absolute atomic E-state index is 0.299. The van der Waals surface area contributed by atoms with Crippen LogP contribution >= 0.6 is 23.8 Å². The van der Waals surface area contributed by atoms with E-state index in [4.69, 9.17) is 23.8 Å². The van der Waals surface area contributed by atoms with Crippen LogP contribution in [0.1, 0.15) is 0 Å². The smallest absolute Gasteiger partial charge is 0.147 e. The summed E-state index contributed by atoms with van der Waals surface area (Å²) < 4.78 is 13.5. The highest BCUT2D eigenvalue weighted by Gasteiger charge is 2.05. The van der Waals surface area contributed by atoms with Gasteiger partial charge in [-0.25, -0.2) is 9.37 Å². The molecule has 1 heterocycles. The molecule has 0 saturated heterocycles. The molecule has 2 aromatic rings. The van der Waals surface area contributed by atoms with Gasteiger partial charge in [0.15, 0.2) is 0 Å². The number of halogens is 2. The van der Waals surface area contributed by atoms with E-state index in [0.29, 0.717) is 20.6 Å². The number of fused-ring (bicyclic) bond motifs is 1. The van der Waals surface area contributed by atoms with E-state index in [9.17, 15) is 4.39 Å². The summed E-state index contributed by atoms with van der Waals surface area (Å²) in [5.41, 5.74) is 0.299. The van der Waals surface area contributed by atoms with Crippen LogP contribution in [-0.4, -0.2) is 9.97 Å². The fourth-order valence-electron chi connectivity index (χ4n) is 1.12. The van der Waals surface area contributed by atoms with Gasteiger partial charge >= 0.3 is 0 Å². The molecule has 5 heteroatoms. The van der Waals surface area contributed by atoms with E-state index in [1.165, 1.54) is 18.5 Å². The van der Waals surface area contributed by atoms with Crippen LogP contribution in [0, 0.1) is 10.5 Å². The largest absolute Gasteiger partial charge is 0.343 e. The third-order valence-electron chi connectivity index (χ3n) is 1.71. The molecule has 13 heavy (non-hydrogen) atoms. The Morgan fingerprint density at radius 1 is 1.46 bits per heavy atom. The van der Waals surface area contributed by atoms with E-state index in [2.05, 4.69) is 9.97 Å². The highest BCUT2D eigenvalue weighted by atomic mass is 35.5. The Labute approximate surface area is 83.4 Å². The molecule has 0 aliphatic heterocycles. The average Bonchev–Trinajstić information content (AvgIpc) is 2.12. The van der Waals surface area contributed by atoms with Crippen molar-refractivity contribution in [2.45, 2.75) is 0 Å². The van der Waals surface area contributed by atoms with Crippen molar-refractivity contribution in [3.05, 3.63) is 33.9 Å². The zero-order valence-electron chi connectivity index (χ0n) is 6.34. The van der Waals surface area contributed by atoms with Gasteiger partial charge in [0.2, 0.25) is 0 Å². The van der Waals surface area contributed by atoms with Crippen molar-refractivity contribution in [3.63, 3.8) is 0 Å². The third kappa shape index (κ3) is 1.32. The van der Waals surface area contributed by atoms with Crippen molar-refractivity contribution >= 4 is 34.7 Å². The number of aromatic nitrogens is 2. The summed E-state index contributed by atoms with van der Waals surface area (Å²) in [5.74, 6) is -0.382. The molecule has 0 spiro atoms. The topological polar surface area (TPSA) is 28.7 Å². The Morgan fingerprint density at radius 2 is 2.23 bits per heavy atom. The zero-order valence-corrected chi connectivity index (χ0v) is 7.92. The zero-order chi connectivity index (χ0) is 9.42. The number of nitrogens with one attached hydrogen (secondary N) is 1. The molecule has 0 aliphatic rings. The van der Waals surface area contributed by atoms with Crippen LogP contribution in [0.2, 0.25) is 5.02 Å². The Balaban J connectivity index is 3.09. The standard InChI is InChI=1S/C8H4ClFN2S/c9-4-1-2-5(10)7-6(4)8(13)12-3-11-7/h1-3H,(H,11,12,13). The van der Waals surface area contributed by atoms with Crippen LogP contribution in [0.15, 0.2) is 18.5 Å². The Kier molecular flexibility index (Phi) is 2.01. The Hall–Kier alpha value is -1.00. The Morgan fingerprint density at radius 3 is 2.92 bits per heavy atom. The van der Waals surface area contributed by atoms with Crippen molar-refractivity contribution in [2.75, 3.05) is 0 Å². The number of aromatic amines is 1. The van der Waals surface area contributed by atoms with Gasteiger partial charge in [0, 0.05) is 0 Å². The molecule has 0 fully saturated rings. The van der Waals surface area contributed by atoms with Gasteiger partial charge in [-0.1, -0.05) is 23.8 Å². The van der Waals surface area contributed by atoms with Gasteiger partial charge in [0.1, 0.15) is 10.5 Å². The summed E-state index contributed by atoms with van der Waals surface area (Å²) in [6.45, 7) is 0. The minimum atomic E-state index is -0.382. The highest BCUT2D eigenvalue weighted by Crippen LogP contribution is 2.23. The monoisotopic (exact) mass is 214 g/mol. The molecule has 0 amide bonds. The summed E-state index contributed by atoms with van der Waals surface area (Å²) in [6, 6.07) is 2.75. The summed E-state index contributed by atoms with van der Waals surface area (Å²) in [4.78, 5) is 6.48. The van der Waals surface area contributed by atoms with Gasteiger partial charge in [-0.15, -0.1) is 0 Å². The second-order valence-electron chi connectivity index (χ2n) is 2.49. The number of hydrogen-bond acceptors (Lipinski definition) is 2. The summed E-state index contributed by atoms with van der Waals surface area (Å²) in [6.07, 6.45) is 1.35. The molecule has 2 nitrogen and oxygen atoms in total. The van der Waals surface area contributed by atoms with Crippen LogP contribution in [0.3, 0.4) is 0 Å². The van der Waals surface area contributed by atoms with Gasteiger partial charge in [0.05, 0.1) is 22.3 Å². The molecule has 66 valence electrons. The SMILES string of the molecule is Fc1ccc(Cl)c2c(=S)nc[nH]c12. The molecule has 0 unspecified atom stereocenters. The number of hydrogen-bond donors (Lipinski definition) is 1. The number of H-pyrrole nitrogens is 1. The fraction of sp³-hybridized carbons (Fsp3) is 0. The minimum Gasteiger partial charge on any atom is -0.343 e. The maximum absolute atomic E-state index is 13.2. The molecule has 0 aliphatic carbocycles. The van der Waals surface area contributed by atoms with Crippen LogP contribution in [0.25, 0.3) is 10.9 Å². The van der Waals surface area contributed by atoms with Crippen LogP contribution in [0.4, 0.5) is 4.39 Å². The van der Waals surface area contributed by atoms with E-state index in [0.717, 1.165) is 0 Å². The van der Waals surface area contributed by atoms with E-state index in [-0.39, 0.29) is 5.82 Å². The molecule has 1 N–H and O–H groups in total. The maximum Gasteiger partial charge on any atom is 0.147 e. The van der Waals surface area contributed by atoms with Crippen LogP contribution < -0.4 is 0 Å². The van der Waals surface area contributed by atoms with Crippen molar-refractivity contribution in [2.24, 2.45) is 0 Å². The second kappa shape index (κ2) is 3.05. The van der Waals surface area contributed by atoms with Crippen molar-refractivity contribution in [1.82, 2.24) is 9.97 Å². The van der Waals surface area contributed by atoms with Crippen molar-refractivity contribution < 1.29 is 4.39 Å². The number of rotatable bonds is 0. The summed E-state index contributed by atoms with van der Waals surface area (Å²) >= 11 is 10.8.